The van der Waals surface area contributed by atoms with Gasteiger partial charge in [-0.1, -0.05) is 24.3 Å². The molecule has 1 N–H and O–H groups in total. The van der Waals surface area contributed by atoms with Crippen molar-refractivity contribution >= 4 is 29.5 Å². The molecule has 0 aliphatic heterocycles. The molecule has 9 nitrogen and oxygen atoms in total. The fourth-order valence-electron chi connectivity index (χ4n) is 3.40. The second-order valence-electron chi connectivity index (χ2n) is 8.33. The lowest BCUT2D eigenvalue weighted by Gasteiger charge is -2.22. The lowest BCUT2D eigenvalue weighted by Crippen LogP contribution is -2.42. The normalized spacial score (nSPS) is 11.6. The van der Waals surface area contributed by atoms with Crippen molar-refractivity contribution in [3.8, 4) is 5.75 Å². The maximum atomic E-state index is 13.1. The summed E-state index contributed by atoms with van der Waals surface area (Å²) in [4.78, 5) is 42.9. The van der Waals surface area contributed by atoms with Crippen molar-refractivity contribution < 1.29 is 27.5 Å². The van der Waals surface area contributed by atoms with Gasteiger partial charge in [-0.15, -0.1) is 13.2 Å². The van der Waals surface area contributed by atoms with E-state index in [1.165, 1.54) is 27.7 Å². The topological polar surface area (TPSA) is 96.2 Å². The maximum absolute atomic E-state index is 13.1. The van der Waals surface area contributed by atoms with Gasteiger partial charge in [-0.05, 0) is 48.9 Å². The van der Waals surface area contributed by atoms with Gasteiger partial charge in [0, 0.05) is 38.8 Å². The molecule has 0 fully saturated rings. The summed E-state index contributed by atoms with van der Waals surface area (Å²) in [5, 5.41) is 1.01. The molecular weight excluding hydrogens is 503 g/mol. The molecule has 2 aromatic carbocycles. The van der Waals surface area contributed by atoms with Gasteiger partial charge < -0.3 is 14.2 Å². The Morgan fingerprint density at radius 1 is 1.08 bits per heavy atom. The number of halogens is 3. The minimum Gasteiger partial charge on any atom is -0.406 e. The molecule has 0 saturated heterocycles. The van der Waals surface area contributed by atoms with Crippen molar-refractivity contribution in [2.24, 2.45) is 4.99 Å². The molecule has 0 aliphatic carbocycles. The fraction of sp³-hybridized carbons (Fsp3) is 0.231. The van der Waals surface area contributed by atoms with Gasteiger partial charge in [-0.2, -0.15) is 0 Å². The molecule has 0 atom stereocenters. The number of ether oxygens (including phenoxy) is 1. The number of aliphatic imine (C=N–C) groups is 1. The summed E-state index contributed by atoms with van der Waals surface area (Å²) in [6, 6.07) is 14.9. The zero-order valence-corrected chi connectivity index (χ0v) is 20.9. The van der Waals surface area contributed by atoms with Gasteiger partial charge in [0.05, 0.1) is 5.69 Å². The van der Waals surface area contributed by atoms with E-state index < -0.39 is 17.7 Å². The zero-order valence-electron chi connectivity index (χ0n) is 20.9. The number of anilines is 1. The Morgan fingerprint density at radius 2 is 1.76 bits per heavy atom. The minimum atomic E-state index is -4.85. The molecule has 3 rings (SSSR count). The molecular formula is C26H26F3N5O4. The zero-order chi connectivity index (χ0) is 27.9. The number of aromatic nitrogens is 1. The molecule has 0 spiro atoms. The van der Waals surface area contributed by atoms with Crippen molar-refractivity contribution in [1.82, 2.24) is 14.9 Å². The van der Waals surface area contributed by atoms with E-state index in [-0.39, 0.29) is 36.1 Å². The average molecular weight is 530 g/mol. The lowest BCUT2D eigenvalue weighted by atomic mass is 10.1. The number of hydrazine groups is 1. The van der Waals surface area contributed by atoms with Crippen molar-refractivity contribution in [3.63, 3.8) is 0 Å². The summed E-state index contributed by atoms with van der Waals surface area (Å²) >= 11 is 0. The third-order valence-corrected chi connectivity index (χ3v) is 5.38. The number of benzene rings is 2. The first-order chi connectivity index (χ1) is 18.0. The maximum Gasteiger partial charge on any atom is 0.573 e. The number of amidine groups is 1. The molecule has 0 unspecified atom stereocenters. The Kier molecular flexibility index (Phi) is 8.89. The lowest BCUT2D eigenvalue weighted by molar-refractivity contribution is -0.274. The fourth-order valence-corrected chi connectivity index (χ4v) is 3.40. The van der Waals surface area contributed by atoms with Crippen LogP contribution in [0.1, 0.15) is 17.5 Å². The number of carbonyl (C=O) groups is 2. The van der Waals surface area contributed by atoms with Crippen molar-refractivity contribution in [1.29, 1.82) is 0 Å². The van der Waals surface area contributed by atoms with Gasteiger partial charge in [0.2, 0.25) is 12.3 Å². The van der Waals surface area contributed by atoms with Crippen LogP contribution in [0.25, 0.3) is 0 Å². The van der Waals surface area contributed by atoms with Gasteiger partial charge in [0.25, 0.3) is 5.56 Å². The summed E-state index contributed by atoms with van der Waals surface area (Å²) in [5.74, 6) is -0.441. The van der Waals surface area contributed by atoms with Gasteiger partial charge in [0.15, 0.2) is 5.84 Å². The van der Waals surface area contributed by atoms with Gasteiger partial charge in [-0.25, -0.2) is 10.0 Å². The Bertz CT molecular complexity index is 1370. The summed E-state index contributed by atoms with van der Waals surface area (Å²) < 4.78 is 42.7. The predicted molar refractivity (Wildman–Crippen MR) is 136 cm³/mol. The number of nitrogens with zero attached hydrogens (tertiary/aromatic N) is 4. The van der Waals surface area contributed by atoms with E-state index in [4.69, 9.17) is 0 Å². The molecule has 0 aliphatic rings. The summed E-state index contributed by atoms with van der Waals surface area (Å²) in [7, 11) is 3.25. The summed E-state index contributed by atoms with van der Waals surface area (Å²) in [5.41, 5.74) is 4.01. The molecule has 0 radical (unpaired) electrons. The number of carbonyl (C=O) groups excluding carboxylic acids is 2. The number of pyridine rings is 1. The Hall–Kier alpha value is -4.61. The molecule has 200 valence electrons. The van der Waals surface area contributed by atoms with Crippen LogP contribution in [-0.4, -0.2) is 48.1 Å². The van der Waals surface area contributed by atoms with Crippen LogP contribution < -0.4 is 20.7 Å². The number of rotatable bonds is 9. The highest BCUT2D eigenvalue weighted by molar-refractivity contribution is 6.03. The van der Waals surface area contributed by atoms with Crippen molar-refractivity contribution in [2.75, 3.05) is 19.1 Å². The molecule has 1 aromatic heterocycles. The predicted octanol–water partition coefficient (Wildman–Crippen LogP) is 3.78. The van der Waals surface area contributed by atoms with Gasteiger partial charge >= 0.3 is 6.36 Å². The third kappa shape index (κ3) is 7.45. The first kappa shape index (κ1) is 28.0. The Balaban J connectivity index is 1.97. The average Bonchev–Trinajstić information content (AvgIpc) is 2.86. The largest absolute Gasteiger partial charge is 0.573 e. The second-order valence-corrected chi connectivity index (χ2v) is 8.33. The van der Waals surface area contributed by atoms with Crippen LogP contribution >= 0.6 is 0 Å². The standard InChI is InChI=1S/C26H26F3N5O4/c1-18-7-4-5-8-21(18)24(30-22-9-6-15-33(25(22)37)16-14-23(36)32(2)3)31-34(17-35)19-10-12-20(13-11-19)38-26(27,28)29/h4-13,15,17H,14,16H2,1-3H3,(H,30,31). The van der Waals surface area contributed by atoms with Crippen LogP contribution in [-0.2, 0) is 16.1 Å². The number of aryl methyl sites for hydroxylation is 2. The number of hydrogen-bond donors (Lipinski definition) is 1. The SMILES string of the molecule is Cc1ccccc1C(=Nc1cccn(CCC(=O)N(C)C)c1=O)NN(C=O)c1ccc(OC(F)(F)F)cc1. The van der Waals surface area contributed by atoms with Crippen LogP contribution in [0, 0.1) is 6.92 Å². The number of amides is 2. The van der Waals surface area contributed by atoms with Crippen LogP contribution in [0.15, 0.2) is 76.6 Å². The monoisotopic (exact) mass is 529 g/mol. The minimum absolute atomic E-state index is 0.0512. The van der Waals surface area contributed by atoms with Gasteiger partial charge in [-0.3, -0.25) is 19.8 Å². The second kappa shape index (κ2) is 12.1. The van der Waals surface area contributed by atoms with E-state index in [0.717, 1.165) is 22.7 Å². The number of nitrogens with one attached hydrogen (secondary N) is 1. The van der Waals surface area contributed by atoms with Crippen LogP contribution in [0.5, 0.6) is 5.75 Å². The van der Waals surface area contributed by atoms with Gasteiger partial charge in [0.1, 0.15) is 11.4 Å². The van der Waals surface area contributed by atoms with Crippen LogP contribution in [0.2, 0.25) is 0 Å². The molecule has 2 amide bonds. The highest BCUT2D eigenvalue weighted by Gasteiger charge is 2.31. The van der Waals surface area contributed by atoms with E-state index in [1.807, 2.05) is 19.1 Å². The summed E-state index contributed by atoms with van der Waals surface area (Å²) in [6.07, 6.45) is -2.76. The first-order valence-corrected chi connectivity index (χ1v) is 11.4. The molecule has 1 heterocycles. The number of hydrogen-bond acceptors (Lipinski definition) is 5. The molecule has 3 aromatic rings. The van der Waals surface area contributed by atoms with Crippen LogP contribution in [0.3, 0.4) is 0 Å². The highest BCUT2D eigenvalue weighted by Crippen LogP contribution is 2.25. The van der Waals surface area contributed by atoms with Crippen LogP contribution in [0.4, 0.5) is 24.5 Å². The smallest absolute Gasteiger partial charge is 0.406 e. The Labute approximate surface area is 216 Å². The van der Waals surface area contributed by atoms with E-state index in [0.29, 0.717) is 12.0 Å². The van der Waals surface area contributed by atoms with E-state index in [2.05, 4.69) is 15.2 Å². The molecule has 0 saturated carbocycles. The third-order valence-electron chi connectivity index (χ3n) is 5.38. The van der Waals surface area contributed by atoms with E-state index in [1.54, 1.807) is 38.5 Å². The number of alkyl halides is 3. The highest BCUT2D eigenvalue weighted by atomic mass is 19.4. The van der Waals surface area contributed by atoms with Crippen molar-refractivity contribution in [3.05, 3.63) is 88.3 Å². The molecule has 0 bridgehead atoms. The van der Waals surface area contributed by atoms with E-state index in [9.17, 15) is 27.6 Å². The van der Waals surface area contributed by atoms with Crippen molar-refractivity contribution in [2.45, 2.75) is 26.3 Å². The summed E-state index contributed by atoms with van der Waals surface area (Å²) in [6.45, 7) is 1.97. The Morgan fingerprint density at radius 3 is 2.37 bits per heavy atom. The quantitative estimate of drug-likeness (QED) is 0.197. The first-order valence-electron chi connectivity index (χ1n) is 11.4. The van der Waals surface area contributed by atoms with E-state index >= 15 is 0 Å². The molecule has 12 heteroatoms. The molecule has 38 heavy (non-hydrogen) atoms.